The number of nitriles is 1. The second-order valence-corrected chi connectivity index (χ2v) is 7.39. The summed E-state index contributed by atoms with van der Waals surface area (Å²) in [6.45, 7) is 5.52. The molecule has 1 heterocycles. The molecular weight excluding hydrogens is 416 g/mol. The number of benzene rings is 2. The van der Waals surface area contributed by atoms with E-state index >= 15 is 0 Å². The fourth-order valence-electron chi connectivity index (χ4n) is 3.40. The van der Waals surface area contributed by atoms with Crippen LogP contribution in [0.1, 0.15) is 5.56 Å². The lowest BCUT2D eigenvalue weighted by atomic mass is 10.0. The molecule has 0 saturated carbocycles. The van der Waals surface area contributed by atoms with E-state index in [0.29, 0.717) is 48.2 Å². The van der Waals surface area contributed by atoms with E-state index in [-0.39, 0.29) is 18.4 Å². The zero-order valence-corrected chi connectivity index (χ0v) is 18.0. The van der Waals surface area contributed by atoms with E-state index in [9.17, 15) is 9.59 Å². The SMILES string of the molecule is C=CC(=O)N1CCN(C(=O)CNc2cc(-c3ccc(C#N)cc3)c(Cl)cc2OC)CC1. The summed E-state index contributed by atoms with van der Waals surface area (Å²) in [6, 6.07) is 12.7. The number of nitrogens with one attached hydrogen (secondary N) is 1. The number of carbonyl (C=O) groups is 2. The van der Waals surface area contributed by atoms with Gasteiger partial charge >= 0.3 is 0 Å². The minimum absolute atomic E-state index is 0.0670. The van der Waals surface area contributed by atoms with Crippen LogP contribution in [0.2, 0.25) is 5.02 Å². The van der Waals surface area contributed by atoms with Crippen molar-refractivity contribution in [3.05, 3.63) is 59.6 Å². The van der Waals surface area contributed by atoms with Crippen molar-refractivity contribution >= 4 is 29.1 Å². The van der Waals surface area contributed by atoms with E-state index in [1.54, 1.807) is 28.0 Å². The quantitative estimate of drug-likeness (QED) is 0.700. The van der Waals surface area contributed by atoms with Crippen molar-refractivity contribution in [2.75, 3.05) is 45.2 Å². The van der Waals surface area contributed by atoms with Gasteiger partial charge in [0.25, 0.3) is 0 Å². The summed E-state index contributed by atoms with van der Waals surface area (Å²) in [5.41, 5.74) is 2.81. The molecule has 1 aliphatic rings. The van der Waals surface area contributed by atoms with Crippen molar-refractivity contribution in [2.24, 2.45) is 0 Å². The second-order valence-electron chi connectivity index (χ2n) is 6.99. The van der Waals surface area contributed by atoms with E-state index in [0.717, 1.165) is 11.1 Å². The predicted octanol–water partition coefficient (Wildman–Crippen LogP) is 3.16. The molecule has 3 rings (SSSR count). The van der Waals surface area contributed by atoms with E-state index < -0.39 is 0 Å². The largest absolute Gasteiger partial charge is 0.495 e. The molecule has 160 valence electrons. The van der Waals surface area contributed by atoms with Gasteiger partial charge in [0.1, 0.15) is 5.75 Å². The molecule has 2 amide bonds. The summed E-state index contributed by atoms with van der Waals surface area (Å²) >= 11 is 6.44. The number of anilines is 1. The Morgan fingerprint density at radius 1 is 1.19 bits per heavy atom. The van der Waals surface area contributed by atoms with Crippen LogP contribution in [0.15, 0.2) is 49.1 Å². The number of hydrogen-bond donors (Lipinski definition) is 1. The average molecular weight is 439 g/mol. The molecule has 2 aromatic carbocycles. The van der Waals surface area contributed by atoms with Crippen LogP contribution in [0.4, 0.5) is 5.69 Å². The molecule has 1 N–H and O–H groups in total. The lowest BCUT2D eigenvalue weighted by molar-refractivity contribution is -0.135. The molecule has 1 fully saturated rings. The maximum Gasteiger partial charge on any atom is 0.246 e. The van der Waals surface area contributed by atoms with Gasteiger partial charge in [0, 0.05) is 37.8 Å². The fourth-order valence-corrected chi connectivity index (χ4v) is 3.66. The first-order chi connectivity index (χ1) is 15.0. The summed E-state index contributed by atoms with van der Waals surface area (Å²) < 4.78 is 5.42. The highest BCUT2D eigenvalue weighted by Gasteiger charge is 2.23. The smallest absolute Gasteiger partial charge is 0.246 e. The number of nitrogens with zero attached hydrogens (tertiary/aromatic N) is 3. The van der Waals surface area contributed by atoms with Crippen LogP contribution in [-0.2, 0) is 9.59 Å². The molecule has 8 heteroatoms. The number of halogens is 1. The summed E-state index contributed by atoms with van der Waals surface area (Å²) in [7, 11) is 1.54. The molecule has 1 aliphatic heterocycles. The van der Waals surface area contributed by atoms with Crippen molar-refractivity contribution in [1.82, 2.24) is 9.80 Å². The van der Waals surface area contributed by atoms with E-state index in [2.05, 4.69) is 18.0 Å². The van der Waals surface area contributed by atoms with Crippen molar-refractivity contribution in [3.8, 4) is 22.9 Å². The standard InChI is InChI=1S/C23H23ClN4O3/c1-3-22(29)27-8-10-28(11-9-27)23(30)15-26-20-12-18(19(24)13-21(20)31-2)17-6-4-16(14-25)5-7-17/h3-7,12-13,26H,1,8-11,15H2,2H3. The number of hydrogen-bond acceptors (Lipinski definition) is 5. The first-order valence-electron chi connectivity index (χ1n) is 9.78. The number of rotatable bonds is 6. The molecule has 31 heavy (non-hydrogen) atoms. The summed E-state index contributed by atoms with van der Waals surface area (Å²) in [5, 5.41) is 12.6. The van der Waals surface area contributed by atoms with Gasteiger partial charge in [0.2, 0.25) is 11.8 Å². The Morgan fingerprint density at radius 3 is 2.42 bits per heavy atom. The second kappa shape index (κ2) is 10.0. The van der Waals surface area contributed by atoms with Gasteiger partial charge in [0.05, 0.1) is 36.0 Å². The van der Waals surface area contributed by atoms with Crippen molar-refractivity contribution in [1.29, 1.82) is 5.26 Å². The minimum atomic E-state index is -0.119. The maximum atomic E-state index is 12.7. The molecule has 0 bridgehead atoms. The Kier molecular flexibility index (Phi) is 7.16. The van der Waals surface area contributed by atoms with Gasteiger partial charge in [-0.1, -0.05) is 30.3 Å². The minimum Gasteiger partial charge on any atom is -0.495 e. The third-order valence-electron chi connectivity index (χ3n) is 5.16. The van der Waals surface area contributed by atoms with E-state index in [1.165, 1.54) is 13.2 Å². The van der Waals surface area contributed by atoms with Crippen LogP contribution in [0.25, 0.3) is 11.1 Å². The highest BCUT2D eigenvalue weighted by molar-refractivity contribution is 6.33. The van der Waals surface area contributed by atoms with Crippen LogP contribution in [0.3, 0.4) is 0 Å². The number of methoxy groups -OCH3 is 1. The van der Waals surface area contributed by atoms with Gasteiger partial charge in [-0.3, -0.25) is 9.59 Å². The van der Waals surface area contributed by atoms with E-state index in [4.69, 9.17) is 21.6 Å². The van der Waals surface area contributed by atoms with Crippen molar-refractivity contribution in [2.45, 2.75) is 0 Å². The Hall–Kier alpha value is -3.50. The van der Waals surface area contributed by atoms with Gasteiger partial charge in [0.15, 0.2) is 0 Å². The Balaban J connectivity index is 1.70. The van der Waals surface area contributed by atoms with Crippen LogP contribution < -0.4 is 10.1 Å². The van der Waals surface area contributed by atoms with Gasteiger partial charge in [-0.2, -0.15) is 5.26 Å². The predicted molar refractivity (Wildman–Crippen MR) is 120 cm³/mol. The maximum absolute atomic E-state index is 12.7. The molecule has 1 saturated heterocycles. The molecule has 0 radical (unpaired) electrons. The number of ether oxygens (including phenoxy) is 1. The third kappa shape index (κ3) is 5.16. The lowest BCUT2D eigenvalue weighted by Crippen LogP contribution is -2.51. The highest BCUT2D eigenvalue weighted by atomic mass is 35.5. The van der Waals surface area contributed by atoms with Crippen LogP contribution in [0.5, 0.6) is 5.75 Å². The third-order valence-corrected chi connectivity index (χ3v) is 5.48. The van der Waals surface area contributed by atoms with Gasteiger partial charge in [-0.25, -0.2) is 0 Å². The summed E-state index contributed by atoms with van der Waals surface area (Å²) in [4.78, 5) is 27.7. The monoisotopic (exact) mass is 438 g/mol. The Labute approximate surface area is 186 Å². The number of carbonyl (C=O) groups excluding carboxylic acids is 2. The van der Waals surface area contributed by atoms with Crippen molar-refractivity contribution in [3.63, 3.8) is 0 Å². The van der Waals surface area contributed by atoms with E-state index in [1.807, 2.05) is 18.2 Å². The molecule has 0 spiro atoms. The van der Waals surface area contributed by atoms with Crippen LogP contribution >= 0.6 is 11.6 Å². The number of piperazine rings is 1. The van der Waals surface area contributed by atoms with Gasteiger partial charge in [-0.05, 0) is 29.8 Å². The summed E-state index contributed by atoms with van der Waals surface area (Å²) in [6.07, 6.45) is 1.29. The Bertz CT molecular complexity index is 1020. The molecule has 0 aromatic heterocycles. The lowest BCUT2D eigenvalue weighted by Gasteiger charge is -2.34. The Morgan fingerprint density at radius 2 is 1.84 bits per heavy atom. The molecule has 7 nitrogen and oxygen atoms in total. The highest BCUT2D eigenvalue weighted by Crippen LogP contribution is 2.37. The molecule has 0 aliphatic carbocycles. The molecule has 0 unspecified atom stereocenters. The first-order valence-corrected chi connectivity index (χ1v) is 10.2. The van der Waals surface area contributed by atoms with Gasteiger partial charge < -0.3 is 19.9 Å². The molecule has 2 aromatic rings. The van der Waals surface area contributed by atoms with Gasteiger partial charge in [-0.15, -0.1) is 0 Å². The topological polar surface area (TPSA) is 85.7 Å². The molecular formula is C23H23ClN4O3. The van der Waals surface area contributed by atoms with Crippen LogP contribution in [0, 0.1) is 11.3 Å². The van der Waals surface area contributed by atoms with Crippen LogP contribution in [-0.4, -0.2) is 61.4 Å². The first kappa shape index (κ1) is 22.2. The fraction of sp³-hybridized carbons (Fsp3) is 0.261. The van der Waals surface area contributed by atoms with Crippen molar-refractivity contribution < 1.29 is 14.3 Å². The number of amides is 2. The average Bonchev–Trinajstić information content (AvgIpc) is 2.82. The zero-order chi connectivity index (χ0) is 22.4. The summed E-state index contributed by atoms with van der Waals surface area (Å²) in [5.74, 6) is 0.339. The normalized spacial score (nSPS) is 13.3. The zero-order valence-electron chi connectivity index (χ0n) is 17.2. The molecule has 0 atom stereocenters.